The summed E-state index contributed by atoms with van der Waals surface area (Å²) in [4.78, 5) is 13.1. The molecule has 0 aliphatic heterocycles. The van der Waals surface area contributed by atoms with E-state index in [-0.39, 0.29) is 0 Å². The lowest BCUT2D eigenvalue weighted by atomic mass is 9.98. The first-order chi connectivity index (χ1) is 27.7. The topological polar surface area (TPSA) is 42.2 Å². The van der Waals surface area contributed by atoms with Crippen LogP contribution in [0.1, 0.15) is 0 Å². The zero-order valence-electron chi connectivity index (χ0n) is 30.3. The van der Waals surface area contributed by atoms with Crippen LogP contribution in [-0.4, -0.2) is 9.97 Å². The molecule has 0 saturated heterocycles. The highest BCUT2D eigenvalue weighted by molar-refractivity contribution is 6.19. The SMILES string of the molecule is c1ccc(-c2cccc(N(c3ccc4c(ccc5ccc6nc(-c7ccccc7)c(-c7ccccc7)nc6c54)c3)c3ccc4c(c3)oc3ccccc34)c2)cc1. The van der Waals surface area contributed by atoms with Crippen molar-refractivity contribution in [2.45, 2.75) is 0 Å². The molecule has 0 bridgehead atoms. The Morgan fingerprint density at radius 3 is 1.70 bits per heavy atom. The molecule has 262 valence electrons. The van der Waals surface area contributed by atoms with Crippen LogP contribution in [0.4, 0.5) is 17.1 Å². The minimum atomic E-state index is 0.855. The Bertz CT molecular complexity index is 3250. The van der Waals surface area contributed by atoms with Gasteiger partial charge < -0.3 is 9.32 Å². The average Bonchev–Trinajstić information content (AvgIpc) is 3.65. The van der Waals surface area contributed by atoms with Gasteiger partial charge in [-0.3, -0.25) is 0 Å². The van der Waals surface area contributed by atoms with Crippen molar-refractivity contribution in [3.05, 3.63) is 200 Å². The average molecular weight is 716 g/mol. The number of hydrogen-bond acceptors (Lipinski definition) is 4. The number of nitrogens with zero attached hydrogens (tertiary/aromatic N) is 3. The third kappa shape index (κ3) is 5.39. The number of fused-ring (bicyclic) bond motifs is 8. The van der Waals surface area contributed by atoms with Crippen LogP contribution in [0.5, 0.6) is 0 Å². The van der Waals surface area contributed by atoms with Gasteiger partial charge in [-0.1, -0.05) is 146 Å². The van der Waals surface area contributed by atoms with Crippen LogP contribution in [0, 0.1) is 0 Å². The Balaban J connectivity index is 1.12. The molecule has 9 aromatic carbocycles. The monoisotopic (exact) mass is 715 g/mol. The van der Waals surface area contributed by atoms with Crippen LogP contribution in [0.3, 0.4) is 0 Å². The van der Waals surface area contributed by atoms with E-state index in [1.54, 1.807) is 0 Å². The van der Waals surface area contributed by atoms with E-state index in [4.69, 9.17) is 14.4 Å². The van der Waals surface area contributed by atoms with Gasteiger partial charge in [-0.2, -0.15) is 0 Å². The zero-order valence-corrected chi connectivity index (χ0v) is 30.3. The van der Waals surface area contributed by atoms with Crippen molar-refractivity contribution in [3.63, 3.8) is 0 Å². The van der Waals surface area contributed by atoms with E-state index in [1.807, 2.05) is 24.3 Å². The summed E-state index contributed by atoms with van der Waals surface area (Å²) in [5.74, 6) is 0. The van der Waals surface area contributed by atoms with E-state index in [0.717, 1.165) is 99.7 Å². The predicted octanol–water partition coefficient (Wildman–Crippen LogP) is 14.3. The van der Waals surface area contributed by atoms with Crippen molar-refractivity contribution in [3.8, 4) is 33.6 Å². The number of rotatable bonds is 6. The lowest BCUT2D eigenvalue weighted by molar-refractivity contribution is 0.669. The van der Waals surface area contributed by atoms with E-state index in [0.29, 0.717) is 0 Å². The molecule has 0 spiro atoms. The quantitative estimate of drug-likeness (QED) is 0.161. The lowest BCUT2D eigenvalue weighted by Gasteiger charge is -2.26. The van der Waals surface area contributed by atoms with Crippen LogP contribution in [0.25, 0.3) is 88.2 Å². The normalized spacial score (nSPS) is 11.6. The van der Waals surface area contributed by atoms with Crippen molar-refractivity contribution in [2.75, 3.05) is 4.90 Å². The third-order valence-corrected chi connectivity index (χ3v) is 10.8. The summed E-state index contributed by atoms with van der Waals surface area (Å²) in [7, 11) is 0. The molecular formula is C52H33N3O. The second kappa shape index (κ2) is 13.1. The molecule has 0 amide bonds. The maximum atomic E-state index is 6.41. The van der Waals surface area contributed by atoms with Gasteiger partial charge in [-0.25, -0.2) is 9.97 Å². The Morgan fingerprint density at radius 1 is 0.357 bits per heavy atom. The molecule has 0 fully saturated rings. The molecule has 0 aliphatic carbocycles. The van der Waals surface area contributed by atoms with Gasteiger partial charge in [0.2, 0.25) is 0 Å². The van der Waals surface area contributed by atoms with Crippen molar-refractivity contribution in [2.24, 2.45) is 0 Å². The first kappa shape index (κ1) is 31.9. The van der Waals surface area contributed by atoms with Gasteiger partial charge in [0.05, 0.1) is 22.4 Å². The van der Waals surface area contributed by atoms with E-state index in [1.165, 1.54) is 5.56 Å². The molecule has 0 N–H and O–H groups in total. The molecule has 0 atom stereocenters. The number of aromatic nitrogens is 2. The first-order valence-electron chi connectivity index (χ1n) is 18.9. The second-order valence-electron chi connectivity index (χ2n) is 14.2. The van der Waals surface area contributed by atoms with Gasteiger partial charge in [0.25, 0.3) is 0 Å². The van der Waals surface area contributed by atoms with Gasteiger partial charge in [-0.05, 0) is 75.8 Å². The highest BCUT2D eigenvalue weighted by Gasteiger charge is 2.19. The molecule has 11 aromatic rings. The molecule has 0 unspecified atom stereocenters. The van der Waals surface area contributed by atoms with Crippen molar-refractivity contribution in [1.82, 2.24) is 9.97 Å². The summed E-state index contributed by atoms with van der Waals surface area (Å²) in [6, 6.07) is 70.2. The second-order valence-corrected chi connectivity index (χ2v) is 14.2. The van der Waals surface area contributed by atoms with E-state index in [2.05, 4.69) is 181 Å². The molecule has 56 heavy (non-hydrogen) atoms. The maximum absolute atomic E-state index is 6.41. The summed E-state index contributed by atoms with van der Waals surface area (Å²) < 4.78 is 6.41. The molecule has 0 aliphatic rings. The molecule has 4 heteroatoms. The van der Waals surface area contributed by atoms with Gasteiger partial charge in [0.15, 0.2) is 0 Å². The van der Waals surface area contributed by atoms with Crippen LogP contribution < -0.4 is 4.90 Å². The van der Waals surface area contributed by atoms with E-state index >= 15 is 0 Å². The smallest absolute Gasteiger partial charge is 0.137 e. The van der Waals surface area contributed by atoms with Gasteiger partial charge in [-0.15, -0.1) is 0 Å². The fourth-order valence-corrected chi connectivity index (χ4v) is 8.14. The molecule has 2 heterocycles. The largest absolute Gasteiger partial charge is 0.456 e. The Labute approximate surface area is 323 Å². The van der Waals surface area contributed by atoms with Crippen LogP contribution in [0.15, 0.2) is 205 Å². The van der Waals surface area contributed by atoms with Gasteiger partial charge in [0.1, 0.15) is 11.2 Å². The summed E-state index contributed by atoms with van der Waals surface area (Å²) in [5.41, 5.74) is 12.8. The highest BCUT2D eigenvalue weighted by Crippen LogP contribution is 2.42. The standard InChI is InChI=1S/C52H33N3O/c1-4-13-34(14-5-1)38-19-12-20-40(31-38)55(42-27-29-45-44-21-10-11-22-47(44)56-48(45)33-42)41-26-28-43-39(32-41)24-23-35-25-30-46-52(49(35)43)54-51(37-17-8-3-9-18-37)50(53-46)36-15-6-2-7-16-36/h1-33H. The predicted molar refractivity (Wildman–Crippen MR) is 233 cm³/mol. The first-order valence-corrected chi connectivity index (χ1v) is 18.9. The number of benzene rings is 9. The van der Waals surface area contributed by atoms with E-state index in [9.17, 15) is 0 Å². The zero-order chi connectivity index (χ0) is 37.0. The Morgan fingerprint density at radius 2 is 0.929 bits per heavy atom. The van der Waals surface area contributed by atoms with Crippen molar-refractivity contribution in [1.29, 1.82) is 0 Å². The minimum absolute atomic E-state index is 0.855. The van der Waals surface area contributed by atoms with E-state index < -0.39 is 0 Å². The summed E-state index contributed by atoms with van der Waals surface area (Å²) in [6.45, 7) is 0. The minimum Gasteiger partial charge on any atom is -0.456 e. The van der Waals surface area contributed by atoms with Crippen LogP contribution in [-0.2, 0) is 0 Å². The van der Waals surface area contributed by atoms with Gasteiger partial charge >= 0.3 is 0 Å². The number of anilines is 3. The number of hydrogen-bond donors (Lipinski definition) is 0. The molecule has 0 saturated carbocycles. The maximum Gasteiger partial charge on any atom is 0.137 e. The van der Waals surface area contributed by atoms with Crippen molar-refractivity contribution >= 4 is 71.6 Å². The third-order valence-electron chi connectivity index (χ3n) is 10.8. The summed E-state index contributed by atoms with van der Waals surface area (Å²) >= 11 is 0. The molecule has 0 radical (unpaired) electrons. The lowest BCUT2D eigenvalue weighted by Crippen LogP contribution is -2.10. The molecule has 11 rings (SSSR count). The fraction of sp³-hybridized carbons (Fsp3) is 0. The number of para-hydroxylation sites is 1. The summed E-state index contributed by atoms with van der Waals surface area (Å²) in [5, 5.41) is 6.69. The molecular weight excluding hydrogens is 683 g/mol. The summed E-state index contributed by atoms with van der Waals surface area (Å²) in [6.07, 6.45) is 0. The van der Waals surface area contributed by atoms with Gasteiger partial charge in [0, 0.05) is 50.4 Å². The highest BCUT2D eigenvalue weighted by atomic mass is 16.3. The Kier molecular flexibility index (Phi) is 7.46. The Hall–Kier alpha value is -7.56. The number of furan rings is 1. The van der Waals surface area contributed by atoms with Crippen LogP contribution >= 0.6 is 0 Å². The van der Waals surface area contributed by atoms with Crippen LogP contribution in [0.2, 0.25) is 0 Å². The molecule has 4 nitrogen and oxygen atoms in total. The molecule has 2 aromatic heterocycles. The van der Waals surface area contributed by atoms with Crippen molar-refractivity contribution < 1.29 is 4.42 Å². The fourth-order valence-electron chi connectivity index (χ4n) is 8.14.